The first-order valence-electron chi connectivity index (χ1n) is 9.17. The van der Waals surface area contributed by atoms with E-state index in [1.165, 1.54) is 52.6 Å². The number of hydrogen-bond acceptors (Lipinski definition) is 4. The summed E-state index contributed by atoms with van der Waals surface area (Å²) >= 11 is 1.24. The van der Waals surface area contributed by atoms with Crippen LogP contribution in [0.2, 0.25) is 0 Å². The van der Waals surface area contributed by atoms with Crippen molar-refractivity contribution < 1.29 is 18.4 Å². The molecule has 0 aliphatic carbocycles. The van der Waals surface area contributed by atoms with Crippen LogP contribution in [0.1, 0.15) is 29.3 Å². The fraction of sp³-hybridized carbons (Fsp3) is 0.190. The highest BCUT2D eigenvalue weighted by atomic mass is 32.1. The molecule has 1 aromatic heterocycles. The normalized spacial score (nSPS) is 10.7. The summed E-state index contributed by atoms with van der Waals surface area (Å²) in [6, 6.07) is 10.7. The molecule has 0 saturated heterocycles. The van der Waals surface area contributed by atoms with Gasteiger partial charge in [0.2, 0.25) is 0 Å². The molecule has 2 N–H and O–H groups in total. The van der Waals surface area contributed by atoms with Gasteiger partial charge in [0.05, 0.1) is 12.2 Å². The molecule has 2 aromatic carbocycles. The molecule has 0 aliphatic heterocycles. The van der Waals surface area contributed by atoms with Crippen LogP contribution in [0.25, 0.3) is 0 Å². The van der Waals surface area contributed by atoms with Crippen LogP contribution >= 0.6 is 11.3 Å². The highest BCUT2D eigenvalue weighted by molar-refractivity contribution is 7.09. The first-order chi connectivity index (χ1) is 14.3. The molecule has 0 bridgehead atoms. The van der Waals surface area contributed by atoms with Crippen LogP contribution in [-0.4, -0.2) is 27.9 Å². The highest BCUT2D eigenvalue weighted by Gasteiger charge is 2.21. The zero-order chi connectivity index (χ0) is 21.7. The number of halogens is 2. The van der Waals surface area contributed by atoms with E-state index >= 15 is 0 Å². The number of thiazole rings is 1. The number of nitrogens with one attached hydrogen (secondary N) is 2. The van der Waals surface area contributed by atoms with Gasteiger partial charge in [-0.2, -0.15) is 0 Å². The Bertz CT molecular complexity index is 1040. The van der Waals surface area contributed by atoms with Crippen LogP contribution in [0.5, 0.6) is 0 Å². The topological polar surface area (TPSA) is 74.3 Å². The maximum absolute atomic E-state index is 13.8. The number of amides is 3. The van der Waals surface area contributed by atoms with Crippen molar-refractivity contribution in [2.24, 2.45) is 0 Å². The summed E-state index contributed by atoms with van der Waals surface area (Å²) in [5, 5.41) is 7.34. The SMILES string of the molecule is CC(C)N(Cc1nc(C(=O)Nc2ccc(F)cc2)cs1)C(=O)Nc1ccccc1F. The van der Waals surface area contributed by atoms with Crippen molar-refractivity contribution in [3.63, 3.8) is 0 Å². The van der Waals surface area contributed by atoms with Gasteiger partial charge < -0.3 is 15.5 Å². The zero-order valence-corrected chi connectivity index (χ0v) is 17.2. The van der Waals surface area contributed by atoms with E-state index in [0.29, 0.717) is 10.7 Å². The number of aromatic nitrogens is 1. The largest absolute Gasteiger partial charge is 0.322 e. The van der Waals surface area contributed by atoms with Gasteiger partial charge in [0, 0.05) is 17.1 Å². The molecule has 1 heterocycles. The van der Waals surface area contributed by atoms with Crippen molar-refractivity contribution in [3.8, 4) is 0 Å². The fourth-order valence-corrected chi connectivity index (χ4v) is 3.37. The van der Waals surface area contributed by atoms with Gasteiger partial charge in [0.25, 0.3) is 5.91 Å². The lowest BCUT2D eigenvalue weighted by molar-refractivity contribution is 0.102. The predicted octanol–water partition coefficient (Wildman–Crippen LogP) is 5.12. The summed E-state index contributed by atoms with van der Waals surface area (Å²) in [7, 11) is 0. The number of para-hydroxylation sites is 1. The summed E-state index contributed by atoms with van der Waals surface area (Å²) in [6.07, 6.45) is 0. The standard InChI is InChI=1S/C21H20F2N4O2S/c1-13(2)27(21(29)26-17-6-4-3-5-16(17)23)11-19-25-18(12-30-19)20(28)24-15-9-7-14(22)8-10-15/h3-10,12-13H,11H2,1-2H3,(H,24,28)(H,26,29). The van der Waals surface area contributed by atoms with E-state index in [-0.39, 0.29) is 24.0 Å². The monoisotopic (exact) mass is 430 g/mol. The molecule has 0 unspecified atom stereocenters. The minimum Gasteiger partial charge on any atom is -0.321 e. The number of urea groups is 1. The Morgan fingerprint density at radius 2 is 1.77 bits per heavy atom. The molecule has 6 nitrogen and oxygen atoms in total. The first kappa shape index (κ1) is 21.4. The molecule has 156 valence electrons. The van der Waals surface area contributed by atoms with Crippen molar-refractivity contribution in [1.82, 2.24) is 9.88 Å². The Morgan fingerprint density at radius 1 is 1.07 bits per heavy atom. The second-order valence-electron chi connectivity index (χ2n) is 6.72. The molecular weight excluding hydrogens is 410 g/mol. The van der Waals surface area contributed by atoms with Crippen molar-refractivity contribution in [1.29, 1.82) is 0 Å². The summed E-state index contributed by atoms with van der Waals surface area (Å²) in [5.74, 6) is -1.36. The lowest BCUT2D eigenvalue weighted by Crippen LogP contribution is -2.39. The summed E-state index contributed by atoms with van der Waals surface area (Å²) in [4.78, 5) is 30.8. The van der Waals surface area contributed by atoms with E-state index in [0.717, 1.165) is 0 Å². The van der Waals surface area contributed by atoms with Gasteiger partial charge in [-0.05, 0) is 50.2 Å². The molecule has 0 fully saturated rings. The summed E-state index contributed by atoms with van der Waals surface area (Å²) in [6.45, 7) is 3.82. The molecule has 0 aliphatic rings. The Balaban J connectivity index is 1.67. The molecule has 30 heavy (non-hydrogen) atoms. The van der Waals surface area contributed by atoms with Gasteiger partial charge in [-0.15, -0.1) is 11.3 Å². The number of anilines is 2. The minimum absolute atomic E-state index is 0.0895. The average molecular weight is 430 g/mol. The number of rotatable bonds is 6. The number of benzene rings is 2. The van der Waals surface area contributed by atoms with Crippen LogP contribution in [0, 0.1) is 11.6 Å². The lowest BCUT2D eigenvalue weighted by atomic mass is 10.3. The maximum atomic E-state index is 13.8. The van der Waals surface area contributed by atoms with Crippen LogP contribution in [0.4, 0.5) is 25.0 Å². The summed E-state index contributed by atoms with van der Waals surface area (Å²) in [5.41, 5.74) is 0.730. The van der Waals surface area contributed by atoms with Gasteiger partial charge in [0.15, 0.2) is 0 Å². The molecule has 0 spiro atoms. The smallest absolute Gasteiger partial charge is 0.321 e. The number of nitrogens with zero attached hydrogens (tertiary/aromatic N) is 2. The van der Waals surface area contributed by atoms with Crippen LogP contribution in [0.3, 0.4) is 0 Å². The quantitative estimate of drug-likeness (QED) is 0.570. The Hall–Kier alpha value is -3.33. The van der Waals surface area contributed by atoms with Crippen LogP contribution < -0.4 is 10.6 Å². The minimum atomic E-state index is -0.524. The van der Waals surface area contributed by atoms with Crippen molar-refractivity contribution in [2.45, 2.75) is 26.4 Å². The molecule has 3 amide bonds. The number of hydrogen-bond donors (Lipinski definition) is 2. The Labute approximate surface area is 176 Å². The van der Waals surface area contributed by atoms with Crippen molar-refractivity contribution in [3.05, 3.63) is 76.2 Å². The zero-order valence-electron chi connectivity index (χ0n) is 16.4. The second-order valence-corrected chi connectivity index (χ2v) is 7.66. The van der Waals surface area contributed by atoms with E-state index < -0.39 is 23.6 Å². The molecule has 9 heteroatoms. The van der Waals surface area contributed by atoms with Gasteiger partial charge in [-0.25, -0.2) is 18.6 Å². The molecular formula is C21H20F2N4O2S. The molecule has 3 aromatic rings. The summed E-state index contributed by atoms with van der Waals surface area (Å²) < 4.78 is 26.8. The van der Waals surface area contributed by atoms with Gasteiger partial charge in [0.1, 0.15) is 22.3 Å². The van der Waals surface area contributed by atoms with E-state index in [1.54, 1.807) is 17.5 Å². The number of carbonyl (C=O) groups is 2. The van der Waals surface area contributed by atoms with Gasteiger partial charge in [-0.1, -0.05) is 12.1 Å². The Morgan fingerprint density at radius 3 is 2.43 bits per heavy atom. The first-order valence-corrected chi connectivity index (χ1v) is 10.0. The number of carbonyl (C=O) groups excluding carboxylic acids is 2. The fourth-order valence-electron chi connectivity index (χ4n) is 2.60. The molecule has 0 atom stereocenters. The second kappa shape index (κ2) is 9.45. The average Bonchev–Trinajstić information content (AvgIpc) is 3.18. The van der Waals surface area contributed by atoms with E-state index in [9.17, 15) is 18.4 Å². The lowest BCUT2D eigenvalue weighted by Gasteiger charge is -2.26. The third-order valence-corrected chi connectivity index (χ3v) is 5.03. The van der Waals surface area contributed by atoms with Gasteiger partial charge in [-0.3, -0.25) is 4.79 Å². The molecule has 0 saturated carbocycles. The van der Waals surface area contributed by atoms with Crippen LogP contribution in [0.15, 0.2) is 53.9 Å². The van der Waals surface area contributed by atoms with E-state index in [1.807, 2.05) is 13.8 Å². The van der Waals surface area contributed by atoms with Crippen molar-refractivity contribution in [2.75, 3.05) is 10.6 Å². The molecule has 0 radical (unpaired) electrons. The third-order valence-electron chi connectivity index (χ3n) is 4.19. The maximum Gasteiger partial charge on any atom is 0.322 e. The van der Waals surface area contributed by atoms with Crippen LogP contribution in [-0.2, 0) is 6.54 Å². The third kappa shape index (κ3) is 5.38. The Kier molecular flexibility index (Phi) is 6.73. The van der Waals surface area contributed by atoms with Crippen molar-refractivity contribution >= 4 is 34.6 Å². The predicted molar refractivity (Wildman–Crippen MR) is 113 cm³/mol. The van der Waals surface area contributed by atoms with Gasteiger partial charge >= 0.3 is 6.03 Å². The van der Waals surface area contributed by atoms with E-state index in [4.69, 9.17) is 0 Å². The highest BCUT2D eigenvalue weighted by Crippen LogP contribution is 2.18. The molecule has 3 rings (SSSR count). The van der Waals surface area contributed by atoms with E-state index in [2.05, 4.69) is 15.6 Å².